The maximum atomic E-state index is 11.1. The highest BCUT2D eigenvalue weighted by Crippen LogP contribution is 2.23. The SMILES string of the molecule is CCC(CC)Sc1nc(N)cc(=O)[nH]1. The van der Waals surface area contributed by atoms with E-state index in [2.05, 4.69) is 23.8 Å². The Morgan fingerprint density at radius 1 is 1.57 bits per heavy atom. The van der Waals surface area contributed by atoms with E-state index in [-0.39, 0.29) is 11.4 Å². The first kappa shape index (κ1) is 11.1. The van der Waals surface area contributed by atoms with Gasteiger partial charge in [0.2, 0.25) is 0 Å². The summed E-state index contributed by atoms with van der Waals surface area (Å²) in [5, 5.41) is 1.10. The minimum Gasteiger partial charge on any atom is -0.383 e. The molecule has 0 aliphatic rings. The van der Waals surface area contributed by atoms with E-state index in [1.807, 2.05) is 0 Å². The molecular formula is C9H15N3OS. The Morgan fingerprint density at radius 3 is 2.71 bits per heavy atom. The molecule has 3 N–H and O–H groups in total. The summed E-state index contributed by atoms with van der Waals surface area (Å²) in [5.74, 6) is 0.280. The molecule has 0 fully saturated rings. The monoisotopic (exact) mass is 213 g/mol. The molecule has 1 aromatic rings. The maximum Gasteiger partial charge on any atom is 0.253 e. The summed E-state index contributed by atoms with van der Waals surface area (Å²) in [5.41, 5.74) is 5.28. The van der Waals surface area contributed by atoms with Crippen LogP contribution in [-0.2, 0) is 0 Å². The summed E-state index contributed by atoms with van der Waals surface area (Å²) < 4.78 is 0. The molecule has 78 valence electrons. The minimum absolute atomic E-state index is 0.189. The lowest BCUT2D eigenvalue weighted by atomic mass is 10.3. The van der Waals surface area contributed by atoms with E-state index in [0.717, 1.165) is 12.8 Å². The third-order valence-electron chi connectivity index (χ3n) is 1.93. The van der Waals surface area contributed by atoms with Gasteiger partial charge in [-0.25, -0.2) is 4.98 Å². The van der Waals surface area contributed by atoms with E-state index in [1.165, 1.54) is 6.07 Å². The lowest BCUT2D eigenvalue weighted by Gasteiger charge is -2.10. The second-order valence-electron chi connectivity index (χ2n) is 3.03. The molecule has 0 atom stereocenters. The highest BCUT2D eigenvalue weighted by molar-refractivity contribution is 7.99. The van der Waals surface area contributed by atoms with Crippen LogP contribution in [0.3, 0.4) is 0 Å². The fourth-order valence-electron chi connectivity index (χ4n) is 1.12. The van der Waals surface area contributed by atoms with Crippen molar-refractivity contribution in [1.29, 1.82) is 0 Å². The number of hydrogen-bond acceptors (Lipinski definition) is 4. The van der Waals surface area contributed by atoms with E-state index in [4.69, 9.17) is 5.73 Å². The Bertz CT molecular complexity index is 346. The van der Waals surface area contributed by atoms with Gasteiger partial charge in [-0.2, -0.15) is 0 Å². The first-order valence-corrected chi connectivity index (χ1v) is 5.57. The van der Waals surface area contributed by atoms with E-state index in [9.17, 15) is 4.79 Å². The van der Waals surface area contributed by atoms with Gasteiger partial charge in [0.1, 0.15) is 5.82 Å². The first-order chi connectivity index (χ1) is 6.65. The third-order valence-corrected chi connectivity index (χ3v) is 3.35. The van der Waals surface area contributed by atoms with Crippen molar-refractivity contribution in [2.75, 3.05) is 5.73 Å². The van der Waals surface area contributed by atoms with Gasteiger partial charge >= 0.3 is 0 Å². The number of aromatic nitrogens is 2. The van der Waals surface area contributed by atoms with E-state index < -0.39 is 0 Å². The lowest BCUT2D eigenvalue weighted by molar-refractivity contribution is 0.784. The molecule has 0 bridgehead atoms. The summed E-state index contributed by atoms with van der Waals surface area (Å²) in [6.45, 7) is 4.23. The Morgan fingerprint density at radius 2 is 2.21 bits per heavy atom. The van der Waals surface area contributed by atoms with Crippen molar-refractivity contribution in [2.24, 2.45) is 0 Å². The normalized spacial score (nSPS) is 10.8. The topological polar surface area (TPSA) is 71.8 Å². The van der Waals surface area contributed by atoms with Crippen LogP contribution in [0.4, 0.5) is 5.82 Å². The molecule has 0 radical (unpaired) electrons. The van der Waals surface area contributed by atoms with Crippen molar-refractivity contribution in [3.63, 3.8) is 0 Å². The Labute approximate surface area is 87.3 Å². The highest BCUT2D eigenvalue weighted by Gasteiger charge is 2.07. The van der Waals surface area contributed by atoms with Gasteiger partial charge in [0.05, 0.1) is 0 Å². The van der Waals surface area contributed by atoms with Gasteiger partial charge in [0.15, 0.2) is 5.16 Å². The van der Waals surface area contributed by atoms with E-state index in [1.54, 1.807) is 11.8 Å². The van der Waals surface area contributed by atoms with E-state index in [0.29, 0.717) is 10.4 Å². The molecule has 0 spiro atoms. The molecular weight excluding hydrogens is 198 g/mol. The second kappa shape index (κ2) is 5.05. The predicted octanol–water partition coefficient (Wildman–Crippen LogP) is 1.63. The van der Waals surface area contributed by atoms with Crippen LogP contribution in [0.5, 0.6) is 0 Å². The Balaban J connectivity index is 2.80. The third kappa shape index (κ3) is 3.06. The molecule has 0 aromatic carbocycles. The number of rotatable bonds is 4. The molecule has 0 unspecified atom stereocenters. The van der Waals surface area contributed by atoms with Crippen LogP contribution in [0.1, 0.15) is 26.7 Å². The Kier molecular flexibility index (Phi) is 4.00. The van der Waals surface area contributed by atoms with Crippen molar-refractivity contribution in [1.82, 2.24) is 9.97 Å². The number of nitrogens with one attached hydrogen (secondary N) is 1. The molecule has 1 aromatic heterocycles. The van der Waals surface area contributed by atoms with Crippen LogP contribution in [-0.4, -0.2) is 15.2 Å². The van der Waals surface area contributed by atoms with Crippen molar-refractivity contribution >= 4 is 17.6 Å². The number of nitrogens with two attached hydrogens (primary N) is 1. The van der Waals surface area contributed by atoms with Gasteiger partial charge < -0.3 is 10.7 Å². The number of H-pyrrole nitrogens is 1. The molecule has 0 aliphatic heterocycles. The van der Waals surface area contributed by atoms with Gasteiger partial charge in [-0.1, -0.05) is 25.6 Å². The maximum absolute atomic E-state index is 11.1. The van der Waals surface area contributed by atoms with Crippen LogP contribution in [0.25, 0.3) is 0 Å². The average molecular weight is 213 g/mol. The van der Waals surface area contributed by atoms with Crippen molar-refractivity contribution in [3.05, 3.63) is 16.4 Å². The molecule has 1 rings (SSSR count). The summed E-state index contributed by atoms with van der Waals surface area (Å²) in [4.78, 5) is 17.8. The molecule has 0 amide bonds. The van der Waals surface area contributed by atoms with Crippen molar-refractivity contribution in [3.8, 4) is 0 Å². The lowest BCUT2D eigenvalue weighted by Crippen LogP contribution is -2.11. The standard InChI is InChI=1S/C9H15N3OS/c1-3-6(4-2)14-9-11-7(10)5-8(13)12-9/h5-6H,3-4H2,1-2H3,(H3,10,11,12,13). The summed E-state index contributed by atoms with van der Waals surface area (Å²) >= 11 is 1.57. The number of anilines is 1. The number of nitrogens with zero attached hydrogens (tertiary/aromatic N) is 1. The minimum atomic E-state index is -0.189. The molecule has 1 heterocycles. The molecule has 4 nitrogen and oxygen atoms in total. The first-order valence-electron chi connectivity index (χ1n) is 4.69. The number of nitrogen functional groups attached to an aromatic ring is 1. The zero-order valence-electron chi connectivity index (χ0n) is 8.41. The van der Waals surface area contributed by atoms with E-state index >= 15 is 0 Å². The molecule has 0 saturated heterocycles. The number of aromatic amines is 1. The highest BCUT2D eigenvalue weighted by atomic mass is 32.2. The van der Waals surface area contributed by atoms with Crippen LogP contribution < -0.4 is 11.3 Å². The quantitative estimate of drug-likeness (QED) is 0.589. The van der Waals surface area contributed by atoms with Crippen molar-refractivity contribution < 1.29 is 0 Å². The summed E-state index contributed by atoms with van der Waals surface area (Å²) in [7, 11) is 0. The van der Waals surface area contributed by atoms with Crippen LogP contribution >= 0.6 is 11.8 Å². The van der Waals surface area contributed by atoms with Gasteiger partial charge in [-0.15, -0.1) is 0 Å². The predicted molar refractivity (Wildman–Crippen MR) is 59.5 cm³/mol. The summed E-state index contributed by atoms with van der Waals surface area (Å²) in [6.07, 6.45) is 2.11. The van der Waals surface area contributed by atoms with Crippen molar-refractivity contribution in [2.45, 2.75) is 37.1 Å². The zero-order chi connectivity index (χ0) is 10.6. The summed E-state index contributed by atoms with van der Waals surface area (Å²) in [6, 6.07) is 1.29. The fourth-order valence-corrected chi connectivity index (χ4v) is 2.09. The van der Waals surface area contributed by atoms with Crippen LogP contribution in [0, 0.1) is 0 Å². The zero-order valence-corrected chi connectivity index (χ0v) is 9.23. The second-order valence-corrected chi connectivity index (χ2v) is 4.32. The molecule has 14 heavy (non-hydrogen) atoms. The molecule has 0 saturated carbocycles. The van der Waals surface area contributed by atoms with Crippen LogP contribution in [0.2, 0.25) is 0 Å². The smallest absolute Gasteiger partial charge is 0.253 e. The van der Waals surface area contributed by atoms with Gasteiger partial charge in [-0.3, -0.25) is 4.79 Å². The molecule has 5 heteroatoms. The number of hydrogen-bond donors (Lipinski definition) is 2. The van der Waals surface area contributed by atoms with Gasteiger partial charge in [0.25, 0.3) is 5.56 Å². The number of thioether (sulfide) groups is 1. The molecule has 0 aliphatic carbocycles. The fraction of sp³-hybridized carbons (Fsp3) is 0.556. The van der Waals surface area contributed by atoms with Gasteiger partial charge in [0, 0.05) is 11.3 Å². The average Bonchev–Trinajstić information content (AvgIpc) is 2.12. The van der Waals surface area contributed by atoms with Gasteiger partial charge in [-0.05, 0) is 12.8 Å². The Hall–Kier alpha value is -0.970. The largest absolute Gasteiger partial charge is 0.383 e. The van der Waals surface area contributed by atoms with Crippen LogP contribution in [0.15, 0.2) is 16.0 Å².